The van der Waals surface area contributed by atoms with Crippen LogP contribution in [0.3, 0.4) is 0 Å². The summed E-state index contributed by atoms with van der Waals surface area (Å²) in [4.78, 5) is 26.4. The van der Waals surface area contributed by atoms with Gasteiger partial charge in [-0.15, -0.1) is 0 Å². The van der Waals surface area contributed by atoms with E-state index in [4.69, 9.17) is 32.7 Å². The van der Waals surface area contributed by atoms with Gasteiger partial charge >= 0.3 is 6.03 Å². The van der Waals surface area contributed by atoms with Crippen molar-refractivity contribution in [2.45, 2.75) is 6.61 Å². The molecule has 0 aromatic heterocycles. The van der Waals surface area contributed by atoms with Crippen LogP contribution in [0.1, 0.15) is 11.1 Å². The number of hydrogen-bond acceptors (Lipinski definition) is 4. The van der Waals surface area contributed by atoms with E-state index in [0.717, 1.165) is 14.0 Å². The number of methoxy groups -OCH3 is 1. The summed E-state index contributed by atoms with van der Waals surface area (Å²) in [5.74, 6) is 0.633. The Morgan fingerprint density at radius 1 is 1.00 bits per heavy atom. The molecule has 0 atom stereocenters. The number of nitrogens with one attached hydrogen (secondary N) is 1. The molecule has 3 amide bonds. The third-order valence-corrected chi connectivity index (χ3v) is 6.13. The number of urea groups is 1. The smallest absolute Gasteiger partial charge is 0.333 e. The number of hydrogen-bond donors (Lipinski definition) is 1. The molecule has 1 heterocycles. The highest BCUT2D eigenvalue weighted by molar-refractivity contribution is 14.1. The highest BCUT2D eigenvalue weighted by Gasteiger charge is 2.34. The summed E-state index contributed by atoms with van der Waals surface area (Å²) in [6, 6.07) is 16.9. The number of imide groups is 1. The molecule has 6 nitrogen and oxygen atoms in total. The number of anilines is 1. The lowest BCUT2D eigenvalue weighted by molar-refractivity contribution is -0.113. The number of benzene rings is 3. The van der Waals surface area contributed by atoms with Crippen molar-refractivity contribution < 1.29 is 19.1 Å². The summed E-state index contributed by atoms with van der Waals surface area (Å²) in [5, 5.41) is 3.79. The first-order valence-electron chi connectivity index (χ1n) is 9.73. The van der Waals surface area contributed by atoms with E-state index in [-0.39, 0.29) is 5.70 Å². The van der Waals surface area contributed by atoms with E-state index >= 15 is 0 Å². The monoisotopic (exact) mass is 594 g/mol. The van der Waals surface area contributed by atoms with Crippen molar-refractivity contribution in [2.24, 2.45) is 0 Å². The summed E-state index contributed by atoms with van der Waals surface area (Å²) < 4.78 is 12.3. The largest absolute Gasteiger partial charge is 0.493 e. The number of rotatable bonds is 6. The normalized spacial score (nSPS) is 14.5. The third-order valence-electron chi connectivity index (χ3n) is 4.82. The Morgan fingerprint density at radius 2 is 1.64 bits per heavy atom. The van der Waals surface area contributed by atoms with Gasteiger partial charge in [-0.2, -0.15) is 0 Å². The van der Waals surface area contributed by atoms with Gasteiger partial charge in [0, 0.05) is 10.0 Å². The van der Waals surface area contributed by atoms with Crippen LogP contribution in [0.2, 0.25) is 10.0 Å². The topological polar surface area (TPSA) is 67.9 Å². The van der Waals surface area contributed by atoms with Crippen molar-refractivity contribution in [1.82, 2.24) is 5.32 Å². The zero-order valence-corrected chi connectivity index (χ0v) is 20.9. The lowest BCUT2D eigenvalue weighted by Crippen LogP contribution is -2.30. The predicted octanol–water partition coefficient (Wildman–Crippen LogP) is 6.28. The number of ether oxygens (including phenoxy) is 2. The first kappa shape index (κ1) is 23.4. The molecule has 33 heavy (non-hydrogen) atoms. The molecular formula is C24H17Cl2IN2O4. The number of nitrogens with zero attached hydrogens (tertiary/aromatic N) is 1. The molecule has 1 N–H and O–H groups in total. The van der Waals surface area contributed by atoms with Gasteiger partial charge in [-0.05, 0) is 88.3 Å². The molecule has 1 aliphatic heterocycles. The fraction of sp³-hybridized carbons (Fsp3) is 0.0833. The second-order valence-corrected chi connectivity index (χ2v) is 9.09. The van der Waals surface area contributed by atoms with E-state index in [2.05, 4.69) is 27.9 Å². The van der Waals surface area contributed by atoms with E-state index in [0.29, 0.717) is 39.4 Å². The molecule has 0 aliphatic carbocycles. The van der Waals surface area contributed by atoms with E-state index < -0.39 is 11.9 Å². The average Bonchev–Trinajstić information content (AvgIpc) is 3.07. The Balaban J connectivity index is 1.57. The lowest BCUT2D eigenvalue weighted by Gasteiger charge is -2.14. The van der Waals surface area contributed by atoms with Gasteiger partial charge in [-0.1, -0.05) is 35.3 Å². The molecule has 0 radical (unpaired) electrons. The van der Waals surface area contributed by atoms with Gasteiger partial charge in [0.2, 0.25) is 0 Å². The molecule has 0 bridgehead atoms. The molecule has 1 fully saturated rings. The summed E-state index contributed by atoms with van der Waals surface area (Å²) in [6.07, 6.45) is 1.60. The summed E-state index contributed by atoms with van der Waals surface area (Å²) in [7, 11) is 1.54. The van der Waals surface area contributed by atoms with Crippen LogP contribution in [-0.4, -0.2) is 19.0 Å². The Morgan fingerprint density at radius 3 is 2.27 bits per heavy atom. The van der Waals surface area contributed by atoms with Crippen LogP contribution in [0.15, 0.2) is 66.4 Å². The molecule has 1 saturated heterocycles. The van der Waals surface area contributed by atoms with Crippen LogP contribution in [-0.2, 0) is 11.4 Å². The second-order valence-electron chi connectivity index (χ2n) is 7.05. The predicted molar refractivity (Wildman–Crippen MR) is 137 cm³/mol. The molecule has 0 unspecified atom stereocenters. The summed E-state index contributed by atoms with van der Waals surface area (Å²) >= 11 is 14.0. The van der Waals surface area contributed by atoms with Gasteiger partial charge in [-0.3, -0.25) is 4.79 Å². The van der Waals surface area contributed by atoms with E-state index in [1.54, 1.807) is 55.7 Å². The van der Waals surface area contributed by atoms with Gasteiger partial charge < -0.3 is 14.8 Å². The van der Waals surface area contributed by atoms with Gasteiger partial charge in [0.1, 0.15) is 12.3 Å². The van der Waals surface area contributed by atoms with Crippen molar-refractivity contribution in [3.63, 3.8) is 0 Å². The summed E-state index contributed by atoms with van der Waals surface area (Å²) in [6.45, 7) is 0.342. The zero-order chi connectivity index (χ0) is 23.5. The molecule has 3 aromatic rings. The average molecular weight is 595 g/mol. The van der Waals surface area contributed by atoms with Crippen molar-refractivity contribution in [3.05, 3.63) is 91.1 Å². The van der Waals surface area contributed by atoms with E-state index in [1.807, 2.05) is 18.2 Å². The van der Waals surface area contributed by atoms with Crippen molar-refractivity contribution in [1.29, 1.82) is 0 Å². The molecular weight excluding hydrogens is 578 g/mol. The number of carbonyl (C=O) groups is 2. The SMILES string of the molecule is COc1cc(/C=C2\NC(=O)N(c3ccc(Cl)cc3)C2=O)cc(I)c1OCc1ccc(Cl)cc1. The van der Waals surface area contributed by atoms with Crippen molar-refractivity contribution >= 4 is 69.5 Å². The van der Waals surface area contributed by atoms with Crippen molar-refractivity contribution in [3.8, 4) is 11.5 Å². The lowest BCUT2D eigenvalue weighted by atomic mass is 10.1. The molecule has 168 valence electrons. The van der Waals surface area contributed by atoms with E-state index in [1.165, 1.54) is 0 Å². The maximum atomic E-state index is 12.9. The van der Waals surface area contributed by atoms with Gasteiger partial charge in [0.15, 0.2) is 11.5 Å². The van der Waals surface area contributed by atoms with Crippen LogP contribution >= 0.6 is 45.8 Å². The molecule has 0 saturated carbocycles. The standard InChI is InChI=1S/C24H17Cl2IN2O4/c1-32-21-12-15(10-19(27)22(21)33-13-14-2-4-16(25)5-3-14)11-20-23(30)29(24(31)28-20)18-8-6-17(26)7-9-18/h2-12H,13H2,1H3,(H,28,31)/b20-11-. The molecule has 3 aromatic carbocycles. The molecule has 9 heteroatoms. The number of halogens is 3. The second kappa shape index (κ2) is 10.0. The van der Waals surface area contributed by atoms with Gasteiger partial charge in [0.25, 0.3) is 5.91 Å². The fourth-order valence-corrected chi connectivity index (χ4v) is 4.26. The third kappa shape index (κ3) is 5.26. The minimum Gasteiger partial charge on any atom is -0.493 e. The Bertz CT molecular complexity index is 1240. The van der Waals surface area contributed by atoms with Gasteiger partial charge in [0.05, 0.1) is 16.4 Å². The molecule has 1 aliphatic rings. The Hall–Kier alpha value is -2.75. The highest BCUT2D eigenvalue weighted by atomic mass is 127. The van der Waals surface area contributed by atoms with E-state index in [9.17, 15) is 9.59 Å². The first-order valence-corrected chi connectivity index (χ1v) is 11.6. The fourth-order valence-electron chi connectivity index (χ4n) is 3.23. The van der Waals surface area contributed by atoms with Crippen LogP contribution < -0.4 is 19.7 Å². The molecule has 4 rings (SSSR count). The van der Waals surface area contributed by atoms with Crippen LogP contribution in [0, 0.1) is 3.57 Å². The maximum Gasteiger partial charge on any atom is 0.333 e. The van der Waals surface area contributed by atoms with Crippen LogP contribution in [0.25, 0.3) is 6.08 Å². The highest BCUT2D eigenvalue weighted by Crippen LogP contribution is 2.35. The quantitative estimate of drug-likeness (QED) is 0.207. The maximum absolute atomic E-state index is 12.9. The number of carbonyl (C=O) groups excluding carboxylic acids is 2. The first-order chi connectivity index (χ1) is 15.9. The van der Waals surface area contributed by atoms with Crippen LogP contribution in [0.4, 0.5) is 10.5 Å². The van der Waals surface area contributed by atoms with Crippen molar-refractivity contribution in [2.75, 3.05) is 12.0 Å². The van der Waals surface area contributed by atoms with Gasteiger partial charge in [-0.25, -0.2) is 9.69 Å². The zero-order valence-electron chi connectivity index (χ0n) is 17.3. The minimum atomic E-state index is -0.529. The van der Waals surface area contributed by atoms with Crippen LogP contribution in [0.5, 0.6) is 11.5 Å². The Labute approximate surface area is 214 Å². The number of amides is 3. The Kier molecular flexibility index (Phi) is 7.11. The minimum absolute atomic E-state index is 0.155. The summed E-state index contributed by atoms with van der Waals surface area (Å²) in [5.41, 5.74) is 2.23. The molecule has 0 spiro atoms.